The van der Waals surface area contributed by atoms with Crippen LogP contribution in [0.4, 0.5) is 0 Å². The normalized spacial score (nSPS) is 10.4. The molecule has 3 rings (SSSR count). The molecule has 0 atom stereocenters. The van der Waals surface area contributed by atoms with E-state index >= 15 is 0 Å². The van der Waals surface area contributed by atoms with Gasteiger partial charge in [0.25, 0.3) is 0 Å². The Kier molecular flexibility index (Phi) is 3.60. The van der Waals surface area contributed by atoms with Gasteiger partial charge in [-0.2, -0.15) is 0 Å². The number of hydrogen-bond acceptors (Lipinski definition) is 4. The van der Waals surface area contributed by atoms with Crippen molar-refractivity contribution in [3.63, 3.8) is 0 Å². The van der Waals surface area contributed by atoms with Gasteiger partial charge in [0.1, 0.15) is 5.82 Å². The number of aromatic nitrogens is 3. The fourth-order valence-electron chi connectivity index (χ4n) is 2.18. The Morgan fingerprint density at radius 2 is 1.39 bits per heavy atom. The van der Waals surface area contributed by atoms with Gasteiger partial charge >= 0.3 is 11.9 Å². The number of nitrogens with one attached hydrogen (secondary N) is 1. The van der Waals surface area contributed by atoms with Crippen LogP contribution in [-0.2, 0) is 0 Å². The average molecular weight is 309 g/mol. The van der Waals surface area contributed by atoms with Crippen LogP contribution in [0.3, 0.4) is 0 Å². The lowest BCUT2D eigenvalue weighted by atomic mass is 10.1. The Labute approximate surface area is 130 Å². The smallest absolute Gasteiger partial charge is 0.357 e. The number of nitrogens with zero attached hydrogens (tertiary/aromatic N) is 2. The maximum absolute atomic E-state index is 11.1. The zero-order chi connectivity index (χ0) is 16.4. The van der Waals surface area contributed by atoms with Crippen molar-refractivity contribution in [2.75, 3.05) is 0 Å². The lowest BCUT2D eigenvalue weighted by Crippen LogP contribution is -2.07. The molecule has 0 unspecified atom stereocenters. The third-order valence-electron chi connectivity index (χ3n) is 3.29. The number of rotatable bonds is 4. The third kappa shape index (κ3) is 2.80. The van der Waals surface area contributed by atoms with Crippen LogP contribution in [0.15, 0.2) is 48.8 Å². The second kappa shape index (κ2) is 5.72. The molecule has 0 radical (unpaired) electrons. The van der Waals surface area contributed by atoms with Crippen LogP contribution >= 0.6 is 0 Å². The maximum atomic E-state index is 11.1. The third-order valence-corrected chi connectivity index (χ3v) is 3.29. The molecule has 7 heteroatoms. The number of pyridine rings is 1. The molecule has 0 amide bonds. The molecule has 0 aliphatic carbocycles. The highest BCUT2D eigenvalue weighted by molar-refractivity contribution is 5.99. The molecule has 2 aromatic heterocycles. The first-order chi connectivity index (χ1) is 11.1. The second-order valence-electron chi connectivity index (χ2n) is 4.73. The Morgan fingerprint density at radius 1 is 0.826 bits per heavy atom. The summed E-state index contributed by atoms with van der Waals surface area (Å²) in [6, 6.07) is 10.9. The highest BCUT2D eigenvalue weighted by Gasteiger charge is 2.22. The fraction of sp³-hybridized carbons (Fsp3) is 0. The van der Waals surface area contributed by atoms with E-state index in [4.69, 9.17) is 10.2 Å². The van der Waals surface area contributed by atoms with Gasteiger partial charge in [-0.05, 0) is 23.3 Å². The Hall–Kier alpha value is -3.48. The van der Waals surface area contributed by atoms with E-state index in [-0.39, 0.29) is 5.82 Å². The van der Waals surface area contributed by atoms with Crippen molar-refractivity contribution >= 4 is 11.9 Å². The van der Waals surface area contributed by atoms with E-state index in [0.717, 1.165) is 11.1 Å². The van der Waals surface area contributed by atoms with Gasteiger partial charge in [0.05, 0.1) is 0 Å². The van der Waals surface area contributed by atoms with Crippen LogP contribution in [-0.4, -0.2) is 37.1 Å². The van der Waals surface area contributed by atoms with Crippen molar-refractivity contribution < 1.29 is 19.8 Å². The quantitative estimate of drug-likeness (QED) is 0.682. The van der Waals surface area contributed by atoms with Gasteiger partial charge < -0.3 is 15.2 Å². The highest BCUT2D eigenvalue weighted by atomic mass is 16.4. The topological polar surface area (TPSA) is 116 Å². The number of carbonyl (C=O) groups is 2. The zero-order valence-electron chi connectivity index (χ0n) is 11.7. The van der Waals surface area contributed by atoms with E-state index in [1.54, 1.807) is 24.5 Å². The molecule has 7 nitrogen and oxygen atoms in total. The molecule has 3 aromatic rings. The first kappa shape index (κ1) is 14.5. The fourth-order valence-corrected chi connectivity index (χ4v) is 2.18. The first-order valence-electron chi connectivity index (χ1n) is 6.63. The molecule has 0 aliphatic heterocycles. The zero-order valence-corrected chi connectivity index (χ0v) is 11.7. The van der Waals surface area contributed by atoms with Crippen LogP contribution in [0, 0.1) is 0 Å². The predicted molar refractivity (Wildman–Crippen MR) is 81.2 cm³/mol. The summed E-state index contributed by atoms with van der Waals surface area (Å²) in [7, 11) is 0. The van der Waals surface area contributed by atoms with Crippen molar-refractivity contribution in [3.8, 4) is 22.5 Å². The van der Waals surface area contributed by atoms with E-state index in [1.807, 2.05) is 24.3 Å². The molecule has 0 fully saturated rings. The molecule has 0 spiro atoms. The van der Waals surface area contributed by atoms with Gasteiger partial charge in [-0.3, -0.25) is 4.98 Å². The largest absolute Gasteiger partial charge is 0.477 e. The Morgan fingerprint density at radius 3 is 1.91 bits per heavy atom. The average Bonchev–Trinajstić information content (AvgIpc) is 3.02. The van der Waals surface area contributed by atoms with Crippen LogP contribution in [0.1, 0.15) is 21.0 Å². The number of carboxylic acids is 2. The Bertz CT molecular complexity index is 839. The maximum Gasteiger partial charge on any atom is 0.357 e. The van der Waals surface area contributed by atoms with Gasteiger partial charge in [-0.15, -0.1) is 0 Å². The predicted octanol–water partition coefficient (Wildman–Crippen LogP) is 2.54. The summed E-state index contributed by atoms with van der Waals surface area (Å²) in [5, 5.41) is 18.0. The van der Waals surface area contributed by atoms with E-state index < -0.39 is 23.3 Å². The van der Waals surface area contributed by atoms with E-state index in [0.29, 0.717) is 5.56 Å². The summed E-state index contributed by atoms with van der Waals surface area (Å²) in [6.07, 6.45) is 3.38. The lowest BCUT2D eigenvalue weighted by Gasteiger charge is -2.02. The minimum Gasteiger partial charge on any atom is -0.477 e. The molecule has 0 aliphatic rings. The summed E-state index contributed by atoms with van der Waals surface area (Å²) < 4.78 is 0. The molecule has 0 saturated carbocycles. The SMILES string of the molecule is O=C(O)c1nc(-c2ccc(-c3ccncc3)cc2)[nH]c1C(=O)O. The molecule has 23 heavy (non-hydrogen) atoms. The summed E-state index contributed by atoms with van der Waals surface area (Å²) in [5.41, 5.74) is 1.59. The number of aromatic carboxylic acids is 2. The summed E-state index contributed by atoms with van der Waals surface area (Å²) in [6.45, 7) is 0. The molecule has 2 heterocycles. The molecular weight excluding hydrogens is 298 g/mol. The summed E-state index contributed by atoms with van der Waals surface area (Å²) in [5.74, 6) is -2.56. The highest BCUT2D eigenvalue weighted by Crippen LogP contribution is 2.24. The van der Waals surface area contributed by atoms with Gasteiger partial charge in [0, 0.05) is 18.0 Å². The van der Waals surface area contributed by atoms with Crippen molar-refractivity contribution in [2.24, 2.45) is 0 Å². The van der Waals surface area contributed by atoms with Crippen LogP contribution < -0.4 is 0 Å². The van der Waals surface area contributed by atoms with E-state index in [1.165, 1.54) is 0 Å². The minimum absolute atomic E-state index is 0.195. The lowest BCUT2D eigenvalue weighted by molar-refractivity contribution is 0.0644. The van der Waals surface area contributed by atoms with Crippen LogP contribution in [0.25, 0.3) is 22.5 Å². The standard InChI is InChI=1S/C16H11N3O4/c20-15(21)12-13(16(22)23)19-14(18-12)11-3-1-9(2-4-11)10-5-7-17-8-6-10/h1-8H,(H,18,19)(H,20,21)(H,22,23). The minimum atomic E-state index is -1.39. The first-order valence-corrected chi connectivity index (χ1v) is 6.63. The van der Waals surface area contributed by atoms with Crippen molar-refractivity contribution in [3.05, 3.63) is 60.2 Å². The number of carboxylic acid groups (broad SMARTS) is 2. The Balaban J connectivity index is 1.98. The van der Waals surface area contributed by atoms with E-state index in [2.05, 4.69) is 15.0 Å². The summed E-state index contributed by atoms with van der Waals surface area (Å²) >= 11 is 0. The van der Waals surface area contributed by atoms with Crippen molar-refractivity contribution in [1.29, 1.82) is 0 Å². The van der Waals surface area contributed by atoms with Crippen LogP contribution in [0.2, 0.25) is 0 Å². The van der Waals surface area contributed by atoms with Crippen molar-refractivity contribution in [2.45, 2.75) is 0 Å². The molecule has 3 N–H and O–H groups in total. The summed E-state index contributed by atoms with van der Waals surface area (Å²) in [4.78, 5) is 32.5. The van der Waals surface area contributed by atoms with E-state index in [9.17, 15) is 9.59 Å². The van der Waals surface area contributed by atoms with Gasteiger partial charge in [-0.1, -0.05) is 24.3 Å². The molecule has 1 aromatic carbocycles. The molecular formula is C16H11N3O4. The van der Waals surface area contributed by atoms with Gasteiger partial charge in [0.15, 0.2) is 11.4 Å². The molecule has 0 bridgehead atoms. The van der Waals surface area contributed by atoms with Gasteiger partial charge in [0.2, 0.25) is 0 Å². The number of imidazole rings is 1. The molecule has 114 valence electrons. The van der Waals surface area contributed by atoms with Crippen molar-refractivity contribution in [1.82, 2.24) is 15.0 Å². The number of benzene rings is 1. The number of H-pyrrole nitrogens is 1. The van der Waals surface area contributed by atoms with Crippen LogP contribution in [0.5, 0.6) is 0 Å². The van der Waals surface area contributed by atoms with Gasteiger partial charge in [-0.25, -0.2) is 14.6 Å². The monoisotopic (exact) mass is 309 g/mol. The molecule has 0 saturated heterocycles. The number of aromatic amines is 1. The second-order valence-corrected chi connectivity index (χ2v) is 4.73. The number of hydrogen-bond donors (Lipinski definition) is 3.